The molecule has 0 amide bonds. The molecule has 6 nitrogen and oxygen atoms in total. The van der Waals surface area contributed by atoms with Gasteiger partial charge in [0.15, 0.2) is 5.78 Å². The Morgan fingerprint density at radius 3 is 2.93 bits per heavy atom. The lowest BCUT2D eigenvalue weighted by atomic mass is 10.1. The third kappa shape index (κ3) is 3.79. The Morgan fingerprint density at radius 1 is 1.30 bits per heavy atom. The Balaban J connectivity index is 1.46. The van der Waals surface area contributed by atoms with Crippen LogP contribution in [-0.4, -0.2) is 58.3 Å². The van der Waals surface area contributed by atoms with Gasteiger partial charge in [-0.05, 0) is 37.2 Å². The van der Waals surface area contributed by atoms with Crippen molar-refractivity contribution in [3.63, 3.8) is 0 Å². The van der Waals surface area contributed by atoms with Gasteiger partial charge in [-0.1, -0.05) is 0 Å². The first-order valence-electron chi connectivity index (χ1n) is 9.26. The second kappa shape index (κ2) is 7.62. The molecular weight excluding hydrogens is 347 g/mol. The third-order valence-electron chi connectivity index (χ3n) is 5.07. The minimum absolute atomic E-state index is 0.0518. The summed E-state index contributed by atoms with van der Waals surface area (Å²) in [4.78, 5) is 18.0. The first-order valence-corrected chi connectivity index (χ1v) is 9.26. The van der Waals surface area contributed by atoms with Crippen molar-refractivity contribution in [1.29, 1.82) is 0 Å². The molecule has 142 valence electrons. The van der Waals surface area contributed by atoms with E-state index in [-0.39, 0.29) is 11.6 Å². The number of Topliss-reactive ketones (excluding diaryl/α,β-unsaturated/α-hetero) is 1. The number of aromatic amines is 1. The number of aromatic nitrogens is 3. The highest BCUT2D eigenvalue weighted by atomic mass is 19.1. The van der Waals surface area contributed by atoms with Crippen molar-refractivity contribution in [2.75, 3.05) is 32.8 Å². The number of carbonyl (C=O) groups excluding carboxylic acids is 1. The maximum Gasteiger partial charge on any atom is 0.183 e. The molecule has 0 unspecified atom stereocenters. The Bertz CT molecular complexity index is 956. The number of hydrogen-bond acceptors (Lipinski definition) is 4. The first kappa shape index (κ1) is 17.9. The largest absolute Gasteiger partial charge is 0.379 e. The Labute approximate surface area is 156 Å². The molecule has 3 aromatic rings. The van der Waals surface area contributed by atoms with Gasteiger partial charge in [0, 0.05) is 49.2 Å². The van der Waals surface area contributed by atoms with E-state index >= 15 is 0 Å². The van der Waals surface area contributed by atoms with E-state index in [0.717, 1.165) is 61.4 Å². The van der Waals surface area contributed by atoms with Crippen LogP contribution in [-0.2, 0) is 11.8 Å². The number of ether oxygens (including phenoxy) is 1. The molecule has 1 aliphatic rings. The number of halogens is 1. The molecule has 0 aliphatic carbocycles. The summed E-state index contributed by atoms with van der Waals surface area (Å²) in [6.07, 6.45) is 3.12. The molecule has 0 atom stereocenters. The molecule has 0 bridgehead atoms. The van der Waals surface area contributed by atoms with Crippen LogP contribution < -0.4 is 0 Å². The average Bonchev–Trinajstić information content (AvgIpc) is 3.25. The summed E-state index contributed by atoms with van der Waals surface area (Å²) in [6.45, 7) is 4.31. The zero-order chi connectivity index (χ0) is 18.8. The standard InChI is InChI=1S/C20H23FN4O2/c1-24-19(16-13-22-17-11-14(21)4-5-15(16)17)12-18(23-24)20(26)3-2-6-25-7-9-27-10-8-25/h4-5,11-13,22H,2-3,6-10H2,1H3. The van der Waals surface area contributed by atoms with Gasteiger partial charge in [0.05, 0.1) is 18.9 Å². The lowest BCUT2D eigenvalue weighted by Crippen LogP contribution is -2.36. The normalized spacial score (nSPS) is 15.5. The third-order valence-corrected chi connectivity index (χ3v) is 5.07. The van der Waals surface area contributed by atoms with Crippen molar-refractivity contribution in [2.24, 2.45) is 7.05 Å². The van der Waals surface area contributed by atoms with Gasteiger partial charge in [-0.25, -0.2) is 4.39 Å². The van der Waals surface area contributed by atoms with Crippen LogP contribution in [0.2, 0.25) is 0 Å². The van der Waals surface area contributed by atoms with Crippen LogP contribution in [0.3, 0.4) is 0 Å². The molecular formula is C20H23FN4O2. The van der Waals surface area contributed by atoms with Crippen molar-refractivity contribution in [1.82, 2.24) is 19.7 Å². The SMILES string of the molecule is Cn1nc(C(=O)CCCN2CCOCC2)cc1-c1c[nH]c2cc(F)ccc12. The number of H-pyrrole nitrogens is 1. The van der Waals surface area contributed by atoms with E-state index in [9.17, 15) is 9.18 Å². The topological polar surface area (TPSA) is 63.1 Å². The van der Waals surface area contributed by atoms with Gasteiger partial charge in [0.2, 0.25) is 0 Å². The Kier molecular flexibility index (Phi) is 5.05. The highest BCUT2D eigenvalue weighted by Crippen LogP contribution is 2.29. The van der Waals surface area contributed by atoms with Crippen molar-refractivity contribution < 1.29 is 13.9 Å². The van der Waals surface area contributed by atoms with Gasteiger partial charge in [0.1, 0.15) is 11.5 Å². The monoisotopic (exact) mass is 370 g/mol. The number of rotatable bonds is 6. The number of morpholine rings is 1. The van der Waals surface area contributed by atoms with Crippen LogP contribution in [0.4, 0.5) is 4.39 Å². The van der Waals surface area contributed by atoms with Crippen molar-refractivity contribution in [3.05, 3.63) is 42.0 Å². The maximum absolute atomic E-state index is 13.4. The molecule has 0 spiro atoms. The van der Waals surface area contributed by atoms with Crippen LogP contribution in [0, 0.1) is 5.82 Å². The highest BCUT2D eigenvalue weighted by Gasteiger charge is 2.17. The predicted octanol–water partition coefficient (Wildman–Crippen LogP) is 3.00. The summed E-state index contributed by atoms with van der Waals surface area (Å²) < 4.78 is 20.4. The number of hydrogen-bond donors (Lipinski definition) is 1. The van der Waals surface area contributed by atoms with E-state index in [1.54, 1.807) is 10.7 Å². The van der Waals surface area contributed by atoms with Crippen LogP contribution in [0.5, 0.6) is 0 Å². The van der Waals surface area contributed by atoms with Gasteiger partial charge >= 0.3 is 0 Å². The lowest BCUT2D eigenvalue weighted by Gasteiger charge is -2.26. The van der Waals surface area contributed by atoms with E-state index in [4.69, 9.17) is 4.74 Å². The molecule has 4 rings (SSSR count). The minimum Gasteiger partial charge on any atom is -0.379 e. The average molecular weight is 370 g/mol. The molecule has 1 N–H and O–H groups in total. The number of nitrogens with zero attached hydrogens (tertiary/aromatic N) is 3. The van der Waals surface area contributed by atoms with Crippen LogP contribution >= 0.6 is 0 Å². The molecule has 3 heterocycles. The number of aryl methyl sites for hydroxylation is 1. The number of benzene rings is 1. The molecule has 1 saturated heterocycles. The Hall–Kier alpha value is -2.51. The second-order valence-electron chi connectivity index (χ2n) is 6.91. The molecule has 2 aromatic heterocycles. The zero-order valence-electron chi connectivity index (χ0n) is 15.4. The minimum atomic E-state index is -0.281. The van der Waals surface area contributed by atoms with Crippen LogP contribution in [0.15, 0.2) is 30.5 Å². The van der Waals surface area contributed by atoms with Crippen LogP contribution in [0.25, 0.3) is 22.2 Å². The molecule has 1 aliphatic heterocycles. The maximum atomic E-state index is 13.4. The van der Waals surface area contributed by atoms with E-state index < -0.39 is 0 Å². The van der Waals surface area contributed by atoms with E-state index in [2.05, 4.69) is 15.0 Å². The quantitative estimate of drug-likeness (QED) is 0.678. The number of ketones is 1. The first-order chi connectivity index (χ1) is 13.1. The second-order valence-corrected chi connectivity index (χ2v) is 6.91. The Morgan fingerprint density at radius 2 is 2.11 bits per heavy atom. The smallest absolute Gasteiger partial charge is 0.183 e. The lowest BCUT2D eigenvalue weighted by molar-refractivity contribution is 0.0371. The highest BCUT2D eigenvalue weighted by molar-refractivity contribution is 5.98. The van der Waals surface area contributed by atoms with Gasteiger partial charge in [-0.15, -0.1) is 0 Å². The summed E-state index contributed by atoms with van der Waals surface area (Å²) in [5.41, 5.74) is 2.95. The van der Waals surface area contributed by atoms with Gasteiger partial charge < -0.3 is 9.72 Å². The van der Waals surface area contributed by atoms with Gasteiger partial charge in [-0.3, -0.25) is 14.4 Å². The fourth-order valence-electron chi connectivity index (χ4n) is 3.58. The number of fused-ring (bicyclic) bond motifs is 1. The van der Waals surface area contributed by atoms with Crippen LogP contribution in [0.1, 0.15) is 23.3 Å². The summed E-state index contributed by atoms with van der Waals surface area (Å²) in [6, 6.07) is 6.47. The zero-order valence-corrected chi connectivity index (χ0v) is 15.4. The van der Waals surface area contributed by atoms with Gasteiger partial charge in [-0.2, -0.15) is 5.10 Å². The molecule has 0 saturated carbocycles. The summed E-state index contributed by atoms with van der Waals surface area (Å²) in [5, 5.41) is 5.31. The van der Waals surface area contributed by atoms with Gasteiger partial charge in [0.25, 0.3) is 0 Å². The molecule has 7 heteroatoms. The van der Waals surface area contributed by atoms with E-state index in [1.165, 1.54) is 12.1 Å². The fraction of sp³-hybridized carbons (Fsp3) is 0.400. The number of nitrogens with one attached hydrogen (secondary N) is 1. The summed E-state index contributed by atoms with van der Waals surface area (Å²) >= 11 is 0. The van der Waals surface area contributed by atoms with Crippen molar-refractivity contribution >= 4 is 16.7 Å². The predicted molar refractivity (Wildman–Crippen MR) is 101 cm³/mol. The summed E-state index contributed by atoms with van der Waals surface area (Å²) in [5.74, 6) is -0.229. The van der Waals surface area contributed by atoms with Crippen molar-refractivity contribution in [3.8, 4) is 11.3 Å². The van der Waals surface area contributed by atoms with E-state index in [0.29, 0.717) is 12.1 Å². The molecule has 1 fully saturated rings. The molecule has 1 aromatic carbocycles. The van der Waals surface area contributed by atoms with E-state index in [1.807, 2.05) is 19.3 Å². The van der Waals surface area contributed by atoms with Crippen molar-refractivity contribution in [2.45, 2.75) is 12.8 Å². The number of carbonyl (C=O) groups is 1. The summed E-state index contributed by atoms with van der Waals surface area (Å²) in [7, 11) is 1.82. The molecule has 0 radical (unpaired) electrons. The molecule has 27 heavy (non-hydrogen) atoms. The fourth-order valence-corrected chi connectivity index (χ4v) is 3.58.